The van der Waals surface area contributed by atoms with E-state index < -0.39 is 0 Å². The molecule has 0 spiro atoms. The standard InChI is InChI=1S/C17H31NO2/c1-7-13(4)20-16(19)18-17(5,6)15-10-8-9-14(11-15)12(2)3/h13-15H,2,7-11H2,1,3-6H3,(H,18,19). The number of hydrogen-bond donors (Lipinski definition) is 1. The van der Waals surface area contributed by atoms with E-state index in [1.807, 2.05) is 13.8 Å². The van der Waals surface area contributed by atoms with Crippen molar-refractivity contribution >= 4 is 6.09 Å². The summed E-state index contributed by atoms with van der Waals surface area (Å²) < 4.78 is 5.33. The summed E-state index contributed by atoms with van der Waals surface area (Å²) in [5, 5.41) is 3.06. The minimum Gasteiger partial charge on any atom is -0.447 e. The molecule has 0 heterocycles. The molecule has 1 saturated carbocycles. The third-order valence-corrected chi connectivity index (χ3v) is 4.70. The highest BCUT2D eigenvalue weighted by molar-refractivity contribution is 5.68. The zero-order chi connectivity index (χ0) is 15.3. The Labute approximate surface area is 124 Å². The van der Waals surface area contributed by atoms with Crippen molar-refractivity contribution < 1.29 is 9.53 Å². The van der Waals surface area contributed by atoms with Crippen molar-refractivity contribution in [1.82, 2.24) is 5.32 Å². The Balaban J connectivity index is 2.58. The van der Waals surface area contributed by atoms with Crippen molar-refractivity contribution in [2.24, 2.45) is 11.8 Å². The molecule has 0 aromatic carbocycles. The molecule has 3 unspecified atom stereocenters. The molecule has 1 N–H and O–H groups in total. The normalized spacial score (nSPS) is 24.9. The quantitative estimate of drug-likeness (QED) is 0.743. The highest BCUT2D eigenvalue weighted by Gasteiger charge is 2.35. The van der Waals surface area contributed by atoms with Crippen LogP contribution >= 0.6 is 0 Å². The number of carbonyl (C=O) groups is 1. The van der Waals surface area contributed by atoms with Gasteiger partial charge in [-0.2, -0.15) is 0 Å². The molecule has 1 aliphatic carbocycles. The summed E-state index contributed by atoms with van der Waals surface area (Å²) >= 11 is 0. The molecule has 20 heavy (non-hydrogen) atoms. The van der Waals surface area contributed by atoms with Gasteiger partial charge < -0.3 is 10.1 Å². The Morgan fingerprint density at radius 3 is 2.65 bits per heavy atom. The summed E-state index contributed by atoms with van der Waals surface area (Å²) in [4.78, 5) is 11.9. The van der Waals surface area contributed by atoms with Crippen molar-refractivity contribution in [1.29, 1.82) is 0 Å². The van der Waals surface area contributed by atoms with E-state index >= 15 is 0 Å². The van der Waals surface area contributed by atoms with Crippen LogP contribution in [0.3, 0.4) is 0 Å². The van der Waals surface area contributed by atoms with Crippen molar-refractivity contribution in [2.45, 2.75) is 78.4 Å². The van der Waals surface area contributed by atoms with Crippen LogP contribution in [-0.4, -0.2) is 17.7 Å². The Kier molecular flexibility index (Phi) is 6.09. The second kappa shape index (κ2) is 7.14. The van der Waals surface area contributed by atoms with Crippen LogP contribution in [0.25, 0.3) is 0 Å². The zero-order valence-electron chi connectivity index (χ0n) is 13.8. The molecule has 1 rings (SSSR count). The van der Waals surface area contributed by atoms with Crippen LogP contribution in [0.1, 0.15) is 66.7 Å². The topological polar surface area (TPSA) is 38.3 Å². The lowest BCUT2D eigenvalue weighted by molar-refractivity contribution is 0.0841. The highest BCUT2D eigenvalue weighted by atomic mass is 16.6. The van der Waals surface area contributed by atoms with Gasteiger partial charge in [0.15, 0.2) is 0 Å². The van der Waals surface area contributed by atoms with E-state index in [1.165, 1.54) is 24.8 Å². The fourth-order valence-corrected chi connectivity index (χ4v) is 2.95. The van der Waals surface area contributed by atoms with Crippen LogP contribution in [0.2, 0.25) is 0 Å². The molecule has 0 bridgehead atoms. The van der Waals surface area contributed by atoms with Gasteiger partial charge in [-0.1, -0.05) is 25.5 Å². The first-order chi connectivity index (χ1) is 9.26. The molecule has 116 valence electrons. The van der Waals surface area contributed by atoms with Gasteiger partial charge in [0.05, 0.1) is 0 Å². The maximum atomic E-state index is 11.9. The fraction of sp³-hybridized carbons (Fsp3) is 0.824. The second-order valence-electron chi connectivity index (χ2n) is 6.88. The van der Waals surface area contributed by atoms with Crippen molar-refractivity contribution in [3.63, 3.8) is 0 Å². The SMILES string of the molecule is C=C(C)C1CCCC(C(C)(C)NC(=O)OC(C)CC)C1. The predicted molar refractivity (Wildman–Crippen MR) is 83.7 cm³/mol. The first-order valence-corrected chi connectivity index (χ1v) is 7.90. The van der Waals surface area contributed by atoms with E-state index in [-0.39, 0.29) is 17.7 Å². The van der Waals surface area contributed by atoms with Crippen molar-refractivity contribution in [3.8, 4) is 0 Å². The molecule has 1 aliphatic rings. The molecule has 0 saturated heterocycles. The molecule has 0 aromatic rings. The summed E-state index contributed by atoms with van der Waals surface area (Å²) in [7, 11) is 0. The molecule has 0 aromatic heterocycles. The van der Waals surface area contributed by atoms with Gasteiger partial charge in [0.2, 0.25) is 0 Å². The number of nitrogens with one attached hydrogen (secondary N) is 1. The summed E-state index contributed by atoms with van der Waals surface area (Å²) in [5.74, 6) is 1.09. The van der Waals surface area contributed by atoms with E-state index in [0.29, 0.717) is 11.8 Å². The average molecular weight is 281 g/mol. The van der Waals surface area contributed by atoms with Crippen LogP contribution in [0.5, 0.6) is 0 Å². The molecule has 3 atom stereocenters. The zero-order valence-corrected chi connectivity index (χ0v) is 13.8. The second-order valence-corrected chi connectivity index (χ2v) is 6.88. The number of hydrogen-bond acceptors (Lipinski definition) is 2. The molecule has 3 heteroatoms. The number of ether oxygens (including phenoxy) is 1. The summed E-state index contributed by atoms with van der Waals surface area (Å²) in [6.07, 6.45) is 5.26. The Morgan fingerprint density at radius 1 is 1.45 bits per heavy atom. The number of allylic oxidation sites excluding steroid dienone is 1. The molecule has 0 aliphatic heterocycles. The van der Waals surface area contributed by atoms with Gasteiger partial charge in [-0.25, -0.2) is 4.79 Å². The van der Waals surface area contributed by atoms with E-state index in [0.717, 1.165) is 12.8 Å². The van der Waals surface area contributed by atoms with Gasteiger partial charge in [-0.15, -0.1) is 0 Å². The van der Waals surface area contributed by atoms with Crippen LogP contribution in [0.4, 0.5) is 4.79 Å². The lowest BCUT2D eigenvalue weighted by atomic mass is 9.71. The molecule has 3 nitrogen and oxygen atoms in total. The van der Waals surface area contributed by atoms with Gasteiger partial charge in [0.25, 0.3) is 0 Å². The van der Waals surface area contributed by atoms with Gasteiger partial charge in [-0.05, 0) is 65.2 Å². The highest BCUT2D eigenvalue weighted by Crippen LogP contribution is 2.38. The van der Waals surface area contributed by atoms with E-state index in [9.17, 15) is 4.79 Å². The smallest absolute Gasteiger partial charge is 0.407 e. The third-order valence-electron chi connectivity index (χ3n) is 4.70. The van der Waals surface area contributed by atoms with Crippen molar-refractivity contribution in [2.75, 3.05) is 0 Å². The van der Waals surface area contributed by atoms with Gasteiger partial charge in [-0.3, -0.25) is 0 Å². The maximum absolute atomic E-state index is 11.9. The first-order valence-electron chi connectivity index (χ1n) is 7.90. The summed E-state index contributed by atoms with van der Waals surface area (Å²) in [5.41, 5.74) is 1.05. The number of rotatable bonds is 5. The van der Waals surface area contributed by atoms with Crippen molar-refractivity contribution in [3.05, 3.63) is 12.2 Å². The number of amides is 1. The van der Waals surface area contributed by atoms with E-state index in [1.54, 1.807) is 0 Å². The van der Waals surface area contributed by atoms with Gasteiger partial charge in [0.1, 0.15) is 6.10 Å². The Morgan fingerprint density at radius 2 is 2.10 bits per heavy atom. The molecule has 0 radical (unpaired) electrons. The van der Waals surface area contributed by atoms with Crippen LogP contribution in [0.15, 0.2) is 12.2 Å². The van der Waals surface area contributed by atoms with Crippen LogP contribution in [0, 0.1) is 11.8 Å². The fourth-order valence-electron chi connectivity index (χ4n) is 2.95. The molecular weight excluding hydrogens is 250 g/mol. The summed E-state index contributed by atoms with van der Waals surface area (Å²) in [6, 6.07) is 0. The van der Waals surface area contributed by atoms with E-state index in [4.69, 9.17) is 4.74 Å². The van der Waals surface area contributed by atoms with Crippen LogP contribution in [-0.2, 0) is 4.74 Å². The largest absolute Gasteiger partial charge is 0.447 e. The lowest BCUT2D eigenvalue weighted by Gasteiger charge is -2.40. The third kappa shape index (κ3) is 4.84. The average Bonchev–Trinajstić information content (AvgIpc) is 2.37. The molecule has 1 fully saturated rings. The first kappa shape index (κ1) is 17.1. The number of carbonyl (C=O) groups excluding carboxylic acids is 1. The van der Waals surface area contributed by atoms with Gasteiger partial charge in [0, 0.05) is 5.54 Å². The molecule has 1 amide bonds. The maximum Gasteiger partial charge on any atom is 0.407 e. The number of alkyl carbamates (subject to hydrolysis) is 1. The predicted octanol–water partition coefficient (Wildman–Crippen LogP) is 4.67. The lowest BCUT2D eigenvalue weighted by Crippen LogP contribution is -2.51. The Bertz CT molecular complexity index is 349. The summed E-state index contributed by atoms with van der Waals surface area (Å²) in [6.45, 7) is 14.4. The minimum atomic E-state index is -0.290. The molecular formula is C17H31NO2. The minimum absolute atomic E-state index is 0.0275. The monoisotopic (exact) mass is 281 g/mol. The van der Waals surface area contributed by atoms with Crippen LogP contribution < -0.4 is 5.32 Å². The Hall–Kier alpha value is -0.990. The van der Waals surface area contributed by atoms with Gasteiger partial charge >= 0.3 is 6.09 Å². The van der Waals surface area contributed by atoms with E-state index in [2.05, 4.69) is 32.7 Å².